The zero-order valence-electron chi connectivity index (χ0n) is 22.2. The summed E-state index contributed by atoms with van der Waals surface area (Å²) in [6, 6.07) is 12.7. The summed E-state index contributed by atoms with van der Waals surface area (Å²) in [7, 11) is 1.33. The van der Waals surface area contributed by atoms with E-state index in [1.54, 1.807) is 30.5 Å². The number of methoxy groups -OCH3 is 1. The number of rotatable bonds is 10. The fourth-order valence-electron chi connectivity index (χ4n) is 4.04. The minimum absolute atomic E-state index is 0. The molecule has 0 aliphatic carbocycles. The summed E-state index contributed by atoms with van der Waals surface area (Å²) in [6.07, 6.45) is 1.72. The predicted molar refractivity (Wildman–Crippen MR) is 144 cm³/mol. The molecular formula is C27H32FKN3O4S. The Labute approximate surface area is 261 Å². The van der Waals surface area contributed by atoms with Crippen molar-refractivity contribution in [3.8, 4) is 17.0 Å². The van der Waals surface area contributed by atoms with Crippen LogP contribution in [-0.4, -0.2) is 96.8 Å². The molecular weight excluding hydrogens is 520 g/mol. The third-order valence-corrected chi connectivity index (χ3v) is 7.10. The molecule has 1 heterocycles. The number of aromatic nitrogens is 1. The van der Waals surface area contributed by atoms with Gasteiger partial charge in [0.1, 0.15) is 5.82 Å². The average Bonchev–Trinajstić information content (AvgIpc) is 2.82. The van der Waals surface area contributed by atoms with Gasteiger partial charge in [-0.15, -0.1) is 0 Å². The first-order valence-corrected chi connectivity index (χ1v) is 13.1. The number of pyridine rings is 1. The van der Waals surface area contributed by atoms with Crippen LogP contribution in [0.15, 0.2) is 59.6 Å². The maximum atomic E-state index is 14.5. The van der Waals surface area contributed by atoms with Gasteiger partial charge in [0.2, 0.25) is 11.8 Å². The van der Waals surface area contributed by atoms with Crippen molar-refractivity contribution in [1.82, 2.24) is 14.6 Å². The van der Waals surface area contributed by atoms with Gasteiger partial charge in [-0.3, -0.25) is 4.79 Å². The Morgan fingerprint density at radius 1 is 1.11 bits per heavy atom. The van der Waals surface area contributed by atoms with E-state index >= 15 is 0 Å². The molecule has 1 aromatic heterocycles. The maximum Gasteiger partial charge on any atom is 0.264 e. The zero-order chi connectivity index (χ0) is 26.5. The number of ether oxygens (including phenoxy) is 1. The molecule has 0 bridgehead atoms. The molecule has 0 saturated heterocycles. The van der Waals surface area contributed by atoms with Gasteiger partial charge in [-0.05, 0) is 84.6 Å². The van der Waals surface area contributed by atoms with E-state index in [2.05, 4.69) is 9.71 Å². The number of carbonyl (C=O) groups is 1. The van der Waals surface area contributed by atoms with Gasteiger partial charge in [0.15, 0.2) is 0 Å². The van der Waals surface area contributed by atoms with Crippen LogP contribution in [0.5, 0.6) is 5.88 Å². The van der Waals surface area contributed by atoms with Crippen LogP contribution in [0.25, 0.3) is 11.1 Å². The van der Waals surface area contributed by atoms with Crippen molar-refractivity contribution in [3.63, 3.8) is 0 Å². The monoisotopic (exact) mass is 552 g/mol. The van der Waals surface area contributed by atoms with E-state index in [0.717, 1.165) is 16.7 Å². The smallest absolute Gasteiger partial charge is 0.264 e. The molecule has 0 fully saturated rings. The van der Waals surface area contributed by atoms with Gasteiger partial charge in [0.25, 0.3) is 10.0 Å². The predicted octanol–water partition coefficient (Wildman–Crippen LogP) is 4.14. The fraction of sp³-hybridized carbons (Fsp3) is 0.333. The van der Waals surface area contributed by atoms with E-state index in [9.17, 15) is 17.6 Å². The number of benzene rings is 2. The van der Waals surface area contributed by atoms with Crippen LogP contribution in [-0.2, 0) is 27.8 Å². The average molecular weight is 553 g/mol. The van der Waals surface area contributed by atoms with Crippen molar-refractivity contribution in [1.29, 1.82) is 0 Å². The molecule has 1 radical (unpaired) electrons. The van der Waals surface area contributed by atoms with Gasteiger partial charge in [-0.25, -0.2) is 22.5 Å². The maximum absolute atomic E-state index is 14.5. The first kappa shape index (κ1) is 31.6. The first-order valence-electron chi connectivity index (χ1n) is 11.6. The Balaban J connectivity index is 0.00000481. The molecule has 0 spiro atoms. The van der Waals surface area contributed by atoms with E-state index in [0.29, 0.717) is 23.6 Å². The molecule has 10 heteroatoms. The van der Waals surface area contributed by atoms with Crippen LogP contribution in [0.3, 0.4) is 0 Å². The molecule has 2 aromatic carbocycles. The summed E-state index contributed by atoms with van der Waals surface area (Å²) in [5.74, 6) is -0.650. The van der Waals surface area contributed by atoms with Crippen molar-refractivity contribution in [2.45, 2.75) is 44.0 Å². The number of nitrogens with zero attached hydrogens (tertiary/aromatic N) is 2. The minimum atomic E-state index is -4.01. The molecule has 7 nitrogen and oxygen atoms in total. The molecule has 0 atom stereocenters. The number of sulfonamides is 1. The van der Waals surface area contributed by atoms with Crippen molar-refractivity contribution in [2.24, 2.45) is 0 Å². The minimum Gasteiger partial charge on any atom is -0.481 e. The SMILES string of the molecule is COc1cc(-c2cc(F)cc(C(C)C)c2CCC(=O)NS(=O)(=O)c2ccc(CN(C)C)cc2)ccn1.[K]. The summed E-state index contributed by atoms with van der Waals surface area (Å²) < 4.78 is 47.4. The van der Waals surface area contributed by atoms with Crippen LogP contribution in [0.1, 0.15) is 42.9 Å². The van der Waals surface area contributed by atoms with Crippen LogP contribution in [0, 0.1) is 5.82 Å². The van der Waals surface area contributed by atoms with E-state index < -0.39 is 21.7 Å². The molecule has 0 unspecified atom stereocenters. The Hall–Kier alpha value is -1.66. The Morgan fingerprint density at radius 3 is 2.38 bits per heavy atom. The third-order valence-electron chi connectivity index (χ3n) is 5.71. The molecule has 1 N–H and O–H groups in total. The van der Waals surface area contributed by atoms with Gasteiger partial charge in [0.05, 0.1) is 12.0 Å². The third kappa shape index (κ3) is 8.67. The van der Waals surface area contributed by atoms with Gasteiger partial charge in [-0.1, -0.05) is 26.0 Å². The summed E-state index contributed by atoms with van der Waals surface area (Å²) >= 11 is 0. The molecule has 37 heavy (non-hydrogen) atoms. The van der Waals surface area contributed by atoms with E-state index in [-0.39, 0.29) is 75.0 Å². The van der Waals surface area contributed by atoms with Crippen molar-refractivity contribution >= 4 is 67.3 Å². The van der Waals surface area contributed by atoms with E-state index in [4.69, 9.17) is 4.74 Å². The van der Waals surface area contributed by atoms with Crippen LogP contribution in [0.4, 0.5) is 4.39 Å². The Bertz CT molecular complexity index is 1330. The normalized spacial score (nSPS) is 11.4. The van der Waals surface area contributed by atoms with E-state index in [1.165, 1.54) is 31.4 Å². The topological polar surface area (TPSA) is 88.6 Å². The van der Waals surface area contributed by atoms with Crippen LogP contribution >= 0.6 is 0 Å². The summed E-state index contributed by atoms with van der Waals surface area (Å²) in [6.45, 7) is 4.56. The summed E-state index contributed by atoms with van der Waals surface area (Å²) in [5.41, 5.74) is 3.81. The molecule has 3 aromatic rings. The number of hydrogen-bond acceptors (Lipinski definition) is 6. The van der Waals surface area contributed by atoms with Gasteiger partial charge < -0.3 is 9.64 Å². The zero-order valence-corrected chi connectivity index (χ0v) is 26.1. The number of carbonyl (C=O) groups excluding carboxylic acids is 1. The van der Waals surface area contributed by atoms with Gasteiger partial charge >= 0.3 is 0 Å². The Morgan fingerprint density at radius 2 is 1.78 bits per heavy atom. The molecule has 0 aliphatic rings. The second kappa shape index (κ2) is 13.9. The summed E-state index contributed by atoms with van der Waals surface area (Å²) in [5, 5.41) is 0. The van der Waals surface area contributed by atoms with Crippen LogP contribution < -0.4 is 9.46 Å². The standard InChI is InChI=1S/C27H32FN3O4S.K/c1-18(2)24-15-21(28)16-25(20-12-13-29-27(14-20)35-5)23(24)10-11-26(32)30-36(33,34)22-8-6-19(7-9-22)17-31(3)4;/h6-9,12-16,18H,10-11,17H2,1-5H3,(H,30,32);. The fourth-order valence-corrected chi connectivity index (χ4v) is 5.05. The largest absolute Gasteiger partial charge is 0.481 e. The number of hydrogen-bond donors (Lipinski definition) is 1. The Kier molecular flexibility index (Phi) is 11.9. The molecule has 3 rings (SSSR count). The number of amides is 1. The first-order chi connectivity index (χ1) is 17.0. The molecule has 0 aliphatic heterocycles. The quantitative estimate of drug-likeness (QED) is 0.381. The van der Waals surface area contributed by atoms with Crippen molar-refractivity contribution < 1.29 is 22.3 Å². The van der Waals surface area contributed by atoms with Gasteiger partial charge in [-0.2, -0.15) is 0 Å². The van der Waals surface area contributed by atoms with Gasteiger partial charge in [0, 0.05) is 76.6 Å². The summed E-state index contributed by atoms with van der Waals surface area (Å²) in [4.78, 5) is 18.8. The second-order valence-corrected chi connectivity index (χ2v) is 10.9. The van der Waals surface area contributed by atoms with Crippen molar-refractivity contribution in [3.05, 3.63) is 77.2 Å². The molecule has 0 saturated carbocycles. The molecule has 193 valence electrons. The number of halogens is 1. The van der Waals surface area contributed by atoms with Crippen molar-refractivity contribution in [2.75, 3.05) is 21.2 Å². The van der Waals surface area contributed by atoms with E-state index in [1.807, 2.05) is 32.8 Å². The second-order valence-electron chi connectivity index (χ2n) is 9.17. The van der Waals surface area contributed by atoms with Crippen LogP contribution in [0.2, 0.25) is 0 Å². The molecule has 1 amide bonds. The number of nitrogens with one attached hydrogen (secondary N) is 1.